The predicted molar refractivity (Wildman–Crippen MR) is 96.5 cm³/mol. The van der Waals surface area contributed by atoms with Crippen molar-refractivity contribution in [3.05, 3.63) is 59.7 Å². The molecule has 0 amide bonds. The SMILES string of the molecule is CC/C(=C(\C#N)c1ccc(OC)cc1)c1ccc(N(C)C)cc1. The van der Waals surface area contributed by atoms with Gasteiger partial charge in [0.25, 0.3) is 0 Å². The van der Waals surface area contributed by atoms with Gasteiger partial charge in [-0.3, -0.25) is 0 Å². The van der Waals surface area contributed by atoms with Gasteiger partial charge in [0.2, 0.25) is 0 Å². The van der Waals surface area contributed by atoms with E-state index in [9.17, 15) is 5.26 Å². The van der Waals surface area contributed by atoms with Crippen LogP contribution in [0.3, 0.4) is 0 Å². The van der Waals surface area contributed by atoms with Gasteiger partial charge < -0.3 is 9.64 Å². The molecule has 2 aromatic rings. The lowest BCUT2D eigenvalue weighted by Crippen LogP contribution is -2.08. The lowest BCUT2D eigenvalue weighted by Gasteiger charge is -2.14. The molecule has 0 atom stereocenters. The van der Waals surface area contributed by atoms with Crippen molar-refractivity contribution in [2.75, 3.05) is 26.1 Å². The van der Waals surface area contributed by atoms with E-state index in [1.807, 2.05) is 38.4 Å². The van der Waals surface area contributed by atoms with Crippen LogP contribution in [0.15, 0.2) is 48.5 Å². The van der Waals surface area contributed by atoms with Crippen molar-refractivity contribution >= 4 is 16.8 Å². The zero-order valence-electron chi connectivity index (χ0n) is 14.1. The largest absolute Gasteiger partial charge is 0.497 e. The van der Waals surface area contributed by atoms with Crippen LogP contribution >= 0.6 is 0 Å². The zero-order chi connectivity index (χ0) is 16.8. The zero-order valence-corrected chi connectivity index (χ0v) is 14.1. The molecule has 0 bridgehead atoms. The van der Waals surface area contributed by atoms with Crippen LogP contribution < -0.4 is 9.64 Å². The minimum atomic E-state index is 0.716. The normalized spacial score (nSPS) is 11.4. The number of ether oxygens (including phenoxy) is 1. The molecule has 3 nitrogen and oxygen atoms in total. The number of nitriles is 1. The van der Waals surface area contributed by atoms with E-state index in [1.165, 1.54) is 0 Å². The standard InChI is InChI=1S/C20H22N2O/c1-5-19(15-6-10-17(11-7-15)22(2)3)20(14-21)16-8-12-18(23-4)13-9-16/h6-13H,5H2,1-4H3/b20-19-. The highest BCUT2D eigenvalue weighted by Crippen LogP contribution is 2.30. The number of nitrogens with zero attached hydrogens (tertiary/aromatic N) is 2. The van der Waals surface area contributed by atoms with Crippen molar-refractivity contribution in [1.29, 1.82) is 5.26 Å². The lowest BCUT2D eigenvalue weighted by molar-refractivity contribution is 0.415. The number of anilines is 1. The van der Waals surface area contributed by atoms with Crippen LogP contribution in [0.4, 0.5) is 5.69 Å². The lowest BCUT2D eigenvalue weighted by atomic mass is 9.93. The number of rotatable bonds is 5. The van der Waals surface area contributed by atoms with Gasteiger partial charge in [-0.2, -0.15) is 5.26 Å². The Balaban J connectivity index is 2.48. The topological polar surface area (TPSA) is 36.3 Å². The highest BCUT2D eigenvalue weighted by atomic mass is 16.5. The van der Waals surface area contributed by atoms with Gasteiger partial charge in [0.05, 0.1) is 12.7 Å². The van der Waals surface area contributed by atoms with Gasteiger partial charge in [0.1, 0.15) is 11.8 Å². The average Bonchev–Trinajstić information content (AvgIpc) is 2.60. The third-order valence-electron chi connectivity index (χ3n) is 3.88. The summed E-state index contributed by atoms with van der Waals surface area (Å²) in [5.41, 5.74) is 4.93. The number of hydrogen-bond acceptors (Lipinski definition) is 3. The minimum Gasteiger partial charge on any atom is -0.497 e. The van der Waals surface area contributed by atoms with E-state index < -0.39 is 0 Å². The van der Waals surface area contributed by atoms with E-state index in [2.05, 4.69) is 42.2 Å². The Morgan fingerprint density at radius 3 is 2.00 bits per heavy atom. The molecule has 0 fully saturated rings. The van der Waals surface area contributed by atoms with Gasteiger partial charge in [0, 0.05) is 19.8 Å². The molecule has 0 spiro atoms. The molecule has 0 radical (unpaired) electrons. The van der Waals surface area contributed by atoms with Crippen LogP contribution in [0.25, 0.3) is 11.1 Å². The minimum absolute atomic E-state index is 0.716. The first-order valence-electron chi connectivity index (χ1n) is 7.66. The van der Waals surface area contributed by atoms with Crippen molar-refractivity contribution in [1.82, 2.24) is 0 Å². The van der Waals surface area contributed by atoms with Crippen LogP contribution in [0, 0.1) is 11.3 Å². The second kappa shape index (κ2) is 7.51. The highest BCUT2D eigenvalue weighted by Gasteiger charge is 2.10. The summed E-state index contributed by atoms with van der Waals surface area (Å²) in [4.78, 5) is 2.06. The molecule has 0 aliphatic heterocycles. The Kier molecular flexibility index (Phi) is 5.43. The van der Waals surface area contributed by atoms with E-state index >= 15 is 0 Å². The first kappa shape index (κ1) is 16.6. The molecule has 0 aliphatic rings. The quantitative estimate of drug-likeness (QED) is 0.598. The maximum Gasteiger partial charge on any atom is 0.118 e. The molecule has 0 N–H and O–H groups in total. The van der Waals surface area contributed by atoms with Crippen molar-refractivity contribution < 1.29 is 4.74 Å². The van der Waals surface area contributed by atoms with E-state index in [0.717, 1.165) is 34.6 Å². The maximum atomic E-state index is 9.66. The molecule has 2 rings (SSSR count). The summed E-state index contributed by atoms with van der Waals surface area (Å²) in [5.74, 6) is 0.791. The molecule has 2 aromatic carbocycles. The second-order valence-electron chi connectivity index (χ2n) is 5.49. The number of methoxy groups -OCH3 is 1. The summed E-state index contributed by atoms with van der Waals surface area (Å²) in [6.45, 7) is 2.08. The summed E-state index contributed by atoms with van der Waals surface area (Å²) in [6, 6.07) is 18.3. The van der Waals surface area contributed by atoms with Crippen LogP contribution in [0.2, 0.25) is 0 Å². The Hall–Kier alpha value is -2.73. The van der Waals surface area contributed by atoms with Gasteiger partial charge in [-0.05, 0) is 59.5 Å². The highest BCUT2D eigenvalue weighted by molar-refractivity contribution is 5.97. The number of hydrogen-bond donors (Lipinski definition) is 0. The first-order chi connectivity index (χ1) is 11.1. The monoisotopic (exact) mass is 306 g/mol. The van der Waals surface area contributed by atoms with E-state index in [4.69, 9.17) is 4.74 Å². The number of allylic oxidation sites excluding steroid dienone is 2. The van der Waals surface area contributed by atoms with E-state index in [1.54, 1.807) is 7.11 Å². The molecular formula is C20H22N2O. The fourth-order valence-electron chi connectivity index (χ4n) is 2.55. The second-order valence-corrected chi connectivity index (χ2v) is 5.49. The van der Waals surface area contributed by atoms with Crippen LogP contribution in [-0.2, 0) is 0 Å². The molecular weight excluding hydrogens is 284 g/mol. The third kappa shape index (κ3) is 3.73. The molecule has 0 saturated carbocycles. The Morgan fingerprint density at radius 2 is 1.57 bits per heavy atom. The van der Waals surface area contributed by atoms with Crippen LogP contribution in [0.5, 0.6) is 5.75 Å². The molecule has 3 heteroatoms. The first-order valence-corrected chi connectivity index (χ1v) is 7.66. The fourth-order valence-corrected chi connectivity index (χ4v) is 2.55. The summed E-state index contributed by atoms with van der Waals surface area (Å²) in [5, 5.41) is 9.66. The third-order valence-corrected chi connectivity index (χ3v) is 3.88. The smallest absolute Gasteiger partial charge is 0.118 e. The molecule has 0 unspecified atom stereocenters. The van der Waals surface area contributed by atoms with E-state index in [0.29, 0.717) is 5.57 Å². The Bertz CT molecular complexity index is 720. The van der Waals surface area contributed by atoms with Crippen molar-refractivity contribution in [3.63, 3.8) is 0 Å². The fraction of sp³-hybridized carbons (Fsp3) is 0.250. The average molecular weight is 306 g/mol. The molecule has 0 aliphatic carbocycles. The van der Waals surface area contributed by atoms with Crippen LogP contribution in [-0.4, -0.2) is 21.2 Å². The van der Waals surface area contributed by atoms with Crippen molar-refractivity contribution in [2.24, 2.45) is 0 Å². The number of benzene rings is 2. The van der Waals surface area contributed by atoms with Gasteiger partial charge in [-0.25, -0.2) is 0 Å². The van der Waals surface area contributed by atoms with Crippen molar-refractivity contribution in [2.45, 2.75) is 13.3 Å². The molecule has 0 aromatic heterocycles. The van der Waals surface area contributed by atoms with Gasteiger partial charge in [-0.1, -0.05) is 19.1 Å². The molecule has 23 heavy (non-hydrogen) atoms. The Labute approximate surface area is 138 Å². The molecule has 0 heterocycles. The Morgan fingerprint density at radius 1 is 1.00 bits per heavy atom. The molecule has 118 valence electrons. The summed E-state index contributed by atoms with van der Waals surface area (Å²) >= 11 is 0. The summed E-state index contributed by atoms with van der Waals surface area (Å²) in [7, 11) is 5.67. The van der Waals surface area contributed by atoms with Crippen molar-refractivity contribution in [3.8, 4) is 11.8 Å². The van der Waals surface area contributed by atoms with Gasteiger partial charge >= 0.3 is 0 Å². The van der Waals surface area contributed by atoms with Crippen LogP contribution in [0.1, 0.15) is 24.5 Å². The summed E-state index contributed by atoms with van der Waals surface area (Å²) in [6.07, 6.45) is 0.802. The van der Waals surface area contributed by atoms with Gasteiger partial charge in [0.15, 0.2) is 0 Å². The van der Waals surface area contributed by atoms with E-state index in [-0.39, 0.29) is 0 Å². The van der Waals surface area contributed by atoms with Gasteiger partial charge in [-0.15, -0.1) is 0 Å². The molecule has 0 saturated heterocycles. The summed E-state index contributed by atoms with van der Waals surface area (Å²) < 4.78 is 5.19. The maximum absolute atomic E-state index is 9.66. The predicted octanol–water partition coefficient (Wildman–Crippen LogP) is 4.61.